The van der Waals surface area contributed by atoms with Crippen LogP contribution in [0.3, 0.4) is 0 Å². The molecule has 6 aromatic rings. The molecule has 3 heterocycles. The Labute approximate surface area is 206 Å². The van der Waals surface area contributed by atoms with Crippen LogP contribution in [0.1, 0.15) is 25.2 Å². The van der Waals surface area contributed by atoms with Gasteiger partial charge in [-0.15, -0.1) is 16.6 Å². The SMILES string of the molecule is C#CC(C)(C)c1ccc(-n2c3c4cc(-c5ccc(F)c(F)c5)ccc4ncc3n3c(C)nnc23)cc1. The lowest BCUT2D eigenvalue weighted by Crippen LogP contribution is -2.13. The van der Waals surface area contributed by atoms with E-state index >= 15 is 0 Å². The minimum atomic E-state index is -0.887. The molecule has 0 saturated carbocycles. The van der Waals surface area contributed by atoms with Crippen molar-refractivity contribution in [2.45, 2.75) is 26.2 Å². The first-order valence-corrected chi connectivity index (χ1v) is 11.5. The van der Waals surface area contributed by atoms with E-state index in [1.54, 1.807) is 6.07 Å². The summed E-state index contributed by atoms with van der Waals surface area (Å²) in [5.41, 5.74) is 5.36. The van der Waals surface area contributed by atoms with Crippen LogP contribution in [-0.4, -0.2) is 24.1 Å². The lowest BCUT2D eigenvalue weighted by atomic mass is 9.86. The zero-order chi connectivity index (χ0) is 25.2. The number of imidazole rings is 1. The molecular weight excluding hydrogens is 456 g/mol. The Morgan fingerprint density at radius 1 is 0.889 bits per heavy atom. The molecule has 0 aliphatic rings. The molecule has 0 fully saturated rings. The van der Waals surface area contributed by atoms with Gasteiger partial charge in [0, 0.05) is 11.1 Å². The van der Waals surface area contributed by atoms with Gasteiger partial charge in [0.05, 0.1) is 28.2 Å². The average Bonchev–Trinajstić information content (AvgIpc) is 3.43. The van der Waals surface area contributed by atoms with Gasteiger partial charge in [0.2, 0.25) is 5.78 Å². The number of rotatable bonds is 3. The van der Waals surface area contributed by atoms with Gasteiger partial charge in [0.15, 0.2) is 11.6 Å². The van der Waals surface area contributed by atoms with Crippen LogP contribution in [0.25, 0.3) is 44.5 Å². The van der Waals surface area contributed by atoms with Crippen LogP contribution in [0.5, 0.6) is 0 Å². The fraction of sp³-hybridized carbons (Fsp3) is 0.138. The maximum absolute atomic E-state index is 14.0. The molecule has 6 rings (SSSR count). The van der Waals surface area contributed by atoms with Crippen LogP contribution >= 0.6 is 0 Å². The summed E-state index contributed by atoms with van der Waals surface area (Å²) in [6, 6.07) is 17.7. The molecule has 7 heteroatoms. The summed E-state index contributed by atoms with van der Waals surface area (Å²) in [4.78, 5) is 4.67. The third-order valence-electron chi connectivity index (χ3n) is 6.75. The van der Waals surface area contributed by atoms with Gasteiger partial charge in [-0.1, -0.05) is 30.2 Å². The normalized spacial score (nSPS) is 12.0. The number of pyridine rings is 1. The predicted molar refractivity (Wildman–Crippen MR) is 137 cm³/mol. The van der Waals surface area contributed by atoms with E-state index in [2.05, 4.69) is 21.1 Å². The topological polar surface area (TPSA) is 48.0 Å². The second kappa shape index (κ2) is 7.72. The largest absolute Gasteiger partial charge is 0.276 e. The number of hydrogen-bond acceptors (Lipinski definition) is 3. The molecule has 0 bridgehead atoms. The lowest BCUT2D eigenvalue weighted by Gasteiger charge is -2.18. The zero-order valence-electron chi connectivity index (χ0n) is 19.9. The highest BCUT2D eigenvalue weighted by atomic mass is 19.2. The van der Waals surface area contributed by atoms with Gasteiger partial charge >= 0.3 is 0 Å². The van der Waals surface area contributed by atoms with E-state index in [0.29, 0.717) is 11.3 Å². The monoisotopic (exact) mass is 477 g/mol. The van der Waals surface area contributed by atoms with Gasteiger partial charge in [0.25, 0.3) is 0 Å². The summed E-state index contributed by atoms with van der Waals surface area (Å²) < 4.78 is 31.5. The van der Waals surface area contributed by atoms with Crippen LogP contribution in [0.4, 0.5) is 8.78 Å². The summed E-state index contributed by atoms with van der Waals surface area (Å²) in [5.74, 6) is 2.46. The third kappa shape index (κ3) is 3.18. The molecule has 0 atom stereocenters. The van der Waals surface area contributed by atoms with E-state index in [1.165, 1.54) is 6.07 Å². The number of fused-ring (bicyclic) bond motifs is 5. The summed E-state index contributed by atoms with van der Waals surface area (Å²) in [7, 11) is 0. The van der Waals surface area contributed by atoms with Crippen LogP contribution in [-0.2, 0) is 5.41 Å². The van der Waals surface area contributed by atoms with Crippen molar-refractivity contribution in [3.05, 3.63) is 89.9 Å². The van der Waals surface area contributed by atoms with Crippen molar-refractivity contribution in [3.63, 3.8) is 0 Å². The quantitative estimate of drug-likeness (QED) is 0.278. The van der Waals surface area contributed by atoms with Crippen molar-refractivity contribution >= 4 is 27.7 Å². The van der Waals surface area contributed by atoms with Gasteiger partial charge in [-0.25, -0.2) is 8.78 Å². The lowest BCUT2D eigenvalue weighted by molar-refractivity contribution is 0.509. The van der Waals surface area contributed by atoms with Crippen LogP contribution < -0.4 is 0 Å². The highest BCUT2D eigenvalue weighted by Crippen LogP contribution is 2.34. The number of terminal acetylenes is 1. The van der Waals surface area contributed by atoms with E-state index in [1.807, 2.05) is 78.4 Å². The van der Waals surface area contributed by atoms with E-state index < -0.39 is 17.0 Å². The second-order valence-electron chi connectivity index (χ2n) is 9.39. The van der Waals surface area contributed by atoms with E-state index in [4.69, 9.17) is 6.42 Å². The van der Waals surface area contributed by atoms with Gasteiger partial charge in [0.1, 0.15) is 5.82 Å². The molecule has 0 amide bonds. The predicted octanol–water partition coefficient (Wildman–Crippen LogP) is 6.39. The van der Waals surface area contributed by atoms with Crippen molar-refractivity contribution < 1.29 is 8.78 Å². The van der Waals surface area contributed by atoms with Gasteiger partial charge in [-0.05, 0) is 73.9 Å². The smallest absolute Gasteiger partial charge is 0.241 e. The van der Waals surface area contributed by atoms with Gasteiger partial charge in [-0.3, -0.25) is 14.0 Å². The fourth-order valence-electron chi connectivity index (χ4n) is 4.66. The van der Waals surface area contributed by atoms with E-state index in [0.717, 1.165) is 50.6 Å². The highest BCUT2D eigenvalue weighted by molar-refractivity contribution is 6.06. The van der Waals surface area contributed by atoms with E-state index in [9.17, 15) is 8.78 Å². The standard InChI is InChI=1S/C29H21F2N5/c1-5-29(3,4)20-8-10-21(11-9-20)36-27-22-14-18(19-6-12-23(30)24(31)15-19)7-13-25(22)32-16-26(27)35-17(2)33-34-28(35)36/h1,6-16H,2-4H3. The number of hydrogen-bond donors (Lipinski definition) is 0. The first kappa shape index (κ1) is 21.9. The maximum atomic E-state index is 14.0. The van der Waals surface area contributed by atoms with Crippen LogP contribution in [0, 0.1) is 30.9 Å². The summed E-state index contributed by atoms with van der Waals surface area (Å²) in [5, 5.41) is 9.59. The molecule has 0 aliphatic heterocycles. The molecule has 5 nitrogen and oxygen atoms in total. The van der Waals surface area contributed by atoms with Crippen molar-refractivity contribution in [2.75, 3.05) is 0 Å². The number of nitrogens with zero attached hydrogens (tertiary/aromatic N) is 5. The first-order valence-electron chi connectivity index (χ1n) is 11.5. The number of benzene rings is 3. The number of halogens is 2. The Balaban J connectivity index is 1.66. The molecule has 36 heavy (non-hydrogen) atoms. The number of aromatic nitrogens is 5. The fourth-order valence-corrected chi connectivity index (χ4v) is 4.66. The van der Waals surface area contributed by atoms with Crippen molar-refractivity contribution in [1.29, 1.82) is 0 Å². The molecule has 0 spiro atoms. The van der Waals surface area contributed by atoms with Gasteiger partial charge in [-0.2, -0.15) is 0 Å². The minimum Gasteiger partial charge on any atom is -0.276 e. The number of aryl methyl sites for hydroxylation is 1. The molecule has 0 aliphatic carbocycles. The Morgan fingerprint density at radius 3 is 2.33 bits per heavy atom. The molecule has 0 unspecified atom stereocenters. The first-order chi connectivity index (χ1) is 17.3. The summed E-state index contributed by atoms with van der Waals surface area (Å²) in [6.45, 7) is 5.91. The average molecular weight is 478 g/mol. The van der Waals surface area contributed by atoms with Crippen molar-refractivity contribution in [3.8, 4) is 29.2 Å². The molecular formula is C29H21F2N5. The minimum absolute atomic E-state index is 0.395. The Bertz CT molecular complexity index is 1850. The molecule has 3 aromatic heterocycles. The molecule has 3 aromatic carbocycles. The van der Waals surface area contributed by atoms with Gasteiger partial charge < -0.3 is 0 Å². The Kier molecular flexibility index (Phi) is 4.70. The Hall–Kier alpha value is -4.57. The van der Waals surface area contributed by atoms with Crippen molar-refractivity contribution in [2.24, 2.45) is 0 Å². The summed E-state index contributed by atoms with van der Waals surface area (Å²) >= 11 is 0. The molecule has 0 radical (unpaired) electrons. The maximum Gasteiger partial charge on any atom is 0.241 e. The van der Waals surface area contributed by atoms with Crippen molar-refractivity contribution in [1.82, 2.24) is 24.1 Å². The summed E-state index contributed by atoms with van der Waals surface area (Å²) in [6.07, 6.45) is 7.55. The zero-order valence-corrected chi connectivity index (χ0v) is 19.9. The van der Waals surface area contributed by atoms with Crippen LogP contribution in [0.2, 0.25) is 0 Å². The highest BCUT2D eigenvalue weighted by Gasteiger charge is 2.21. The Morgan fingerprint density at radius 2 is 1.61 bits per heavy atom. The molecule has 0 N–H and O–H groups in total. The van der Waals surface area contributed by atoms with E-state index in [-0.39, 0.29) is 0 Å². The van der Waals surface area contributed by atoms with Crippen LogP contribution in [0.15, 0.2) is 66.9 Å². The second-order valence-corrected chi connectivity index (χ2v) is 9.39. The molecule has 176 valence electrons. The third-order valence-corrected chi connectivity index (χ3v) is 6.75. The molecule has 0 saturated heterocycles.